The number of nitrogens with one attached hydrogen (secondary N) is 4. The molecule has 0 saturated heterocycles. The number of carbonyl (C=O) groups is 2. The standard InChI is InChI=1S/C24H29N5O5.C24H32N2O5/c1-23(2,10-11-24(26-14-27-29-24)15-4-6-16(33-3)7-5-15)25-12-19(31)17-8-9-18(30)21-22(17)34-13-20(32)28-21;1-4-5-12-30-17-8-6-16(7-9-17)13-24(2,3)25-14-20(28)18-10-11-19(27)22-23(18)31-15-21(29)26-22/h4-9,14,19,25,30-31H,10-13H2,1-3H3,(H,28,32);6-11,20,25,27-28H,4-5,12-15H2,1-3H3,(H,26,29). The Morgan fingerprint density at radius 3 is 1.82 bits per heavy atom. The molecule has 348 valence electrons. The van der Waals surface area contributed by atoms with Crippen LogP contribution in [-0.2, 0) is 21.7 Å². The number of phenolic OH excluding ortho intramolecular Hbond substituents is 2. The van der Waals surface area contributed by atoms with Gasteiger partial charge in [-0.15, -0.1) is 5.11 Å². The summed E-state index contributed by atoms with van der Waals surface area (Å²) >= 11 is 0. The van der Waals surface area contributed by atoms with E-state index in [0.717, 1.165) is 42.9 Å². The number of aliphatic imine (C=N–C) groups is 1. The number of nitrogens with zero attached hydrogens (tertiary/aromatic N) is 3. The lowest BCUT2D eigenvalue weighted by atomic mass is 9.88. The number of carbonyl (C=O) groups excluding carboxylic acids is 2. The number of rotatable bonds is 19. The number of unbranched alkanes of at least 4 members (excludes halogenated alkanes) is 1. The third-order valence-corrected chi connectivity index (χ3v) is 11.4. The smallest absolute Gasteiger partial charge is 0.262 e. The van der Waals surface area contributed by atoms with Gasteiger partial charge in [0, 0.05) is 47.3 Å². The fraction of sp³-hybridized carbons (Fsp3) is 0.438. The molecule has 0 bridgehead atoms. The first-order chi connectivity index (χ1) is 31.0. The Morgan fingerprint density at radius 1 is 0.769 bits per heavy atom. The third kappa shape index (κ3) is 12.5. The number of ether oxygens (including phenoxy) is 4. The number of aliphatic hydroxyl groups is 2. The molecule has 4 aromatic carbocycles. The van der Waals surface area contributed by atoms with E-state index in [1.165, 1.54) is 24.0 Å². The minimum atomic E-state index is -0.914. The molecule has 17 heteroatoms. The number of hydrogen-bond acceptors (Lipinski definition) is 15. The van der Waals surface area contributed by atoms with Gasteiger partial charge in [0.25, 0.3) is 11.8 Å². The van der Waals surface area contributed by atoms with Crippen LogP contribution in [0.4, 0.5) is 11.4 Å². The summed E-state index contributed by atoms with van der Waals surface area (Å²) in [6, 6.07) is 21.8. The zero-order chi connectivity index (χ0) is 46.8. The maximum Gasteiger partial charge on any atom is 0.262 e. The molecule has 65 heavy (non-hydrogen) atoms. The van der Waals surface area contributed by atoms with Crippen LogP contribution >= 0.6 is 0 Å². The normalized spacial score (nSPS) is 17.3. The number of anilines is 2. The van der Waals surface area contributed by atoms with E-state index in [1.54, 1.807) is 19.2 Å². The average Bonchev–Trinajstić information content (AvgIpc) is 3.79. The van der Waals surface area contributed by atoms with Crippen LogP contribution < -0.4 is 40.2 Å². The van der Waals surface area contributed by atoms with E-state index in [-0.39, 0.29) is 71.3 Å². The summed E-state index contributed by atoms with van der Waals surface area (Å²) < 4.78 is 21.9. The molecule has 3 unspecified atom stereocenters. The van der Waals surface area contributed by atoms with Gasteiger partial charge in [-0.2, -0.15) is 5.11 Å². The summed E-state index contributed by atoms with van der Waals surface area (Å²) in [5.74, 6) is 1.34. The first-order valence-corrected chi connectivity index (χ1v) is 21.8. The van der Waals surface area contributed by atoms with Gasteiger partial charge in [-0.25, -0.2) is 4.99 Å². The van der Waals surface area contributed by atoms with E-state index in [0.29, 0.717) is 36.3 Å². The molecular formula is C48H61N7O10. The zero-order valence-electron chi connectivity index (χ0n) is 37.8. The van der Waals surface area contributed by atoms with Gasteiger partial charge in [-0.1, -0.05) is 37.6 Å². The fourth-order valence-electron chi connectivity index (χ4n) is 7.55. The lowest BCUT2D eigenvalue weighted by Gasteiger charge is -2.32. The van der Waals surface area contributed by atoms with Gasteiger partial charge < -0.3 is 60.6 Å². The number of hydrogen-bond donors (Lipinski definition) is 8. The number of fused-ring (bicyclic) bond motifs is 2. The number of aromatic hydroxyl groups is 2. The highest BCUT2D eigenvalue weighted by Crippen LogP contribution is 2.43. The second kappa shape index (κ2) is 21.1. The number of β-amino-alcohol motifs (C(OH)–C–C–N with tert-alkyl or cyclic N) is 2. The Kier molecular flexibility index (Phi) is 15.7. The minimum Gasteiger partial charge on any atom is -0.506 e. The van der Waals surface area contributed by atoms with E-state index in [9.17, 15) is 30.0 Å². The number of methoxy groups -OCH3 is 1. The monoisotopic (exact) mass is 895 g/mol. The van der Waals surface area contributed by atoms with Gasteiger partial charge in [0.1, 0.15) is 40.7 Å². The van der Waals surface area contributed by atoms with Crippen LogP contribution in [0.3, 0.4) is 0 Å². The summed E-state index contributed by atoms with van der Waals surface area (Å²) in [7, 11) is 1.62. The molecule has 0 aromatic heterocycles. The van der Waals surface area contributed by atoms with E-state index < -0.39 is 17.9 Å². The quantitative estimate of drug-likeness (QED) is 0.0358. The van der Waals surface area contributed by atoms with Gasteiger partial charge in [-0.3, -0.25) is 9.59 Å². The Hall–Kier alpha value is -6.27. The Balaban J connectivity index is 0.000000216. The molecule has 3 aliphatic rings. The predicted molar refractivity (Wildman–Crippen MR) is 246 cm³/mol. The summed E-state index contributed by atoms with van der Waals surface area (Å²) in [4.78, 5) is 27.7. The number of amides is 2. The average molecular weight is 896 g/mol. The van der Waals surface area contributed by atoms with Gasteiger partial charge in [0.15, 0.2) is 30.4 Å². The van der Waals surface area contributed by atoms with Gasteiger partial charge in [0.05, 0.1) is 25.9 Å². The van der Waals surface area contributed by atoms with Crippen molar-refractivity contribution in [2.45, 2.75) is 95.7 Å². The zero-order valence-corrected chi connectivity index (χ0v) is 37.8. The fourth-order valence-corrected chi connectivity index (χ4v) is 7.55. The van der Waals surface area contributed by atoms with Crippen molar-refractivity contribution in [2.75, 3.05) is 50.7 Å². The van der Waals surface area contributed by atoms with Crippen LogP contribution in [0.1, 0.15) is 94.8 Å². The summed E-state index contributed by atoms with van der Waals surface area (Å²) in [5, 5.41) is 62.0. The predicted octanol–water partition coefficient (Wildman–Crippen LogP) is 6.81. The topological polar surface area (TPSA) is 237 Å². The van der Waals surface area contributed by atoms with E-state index in [4.69, 9.17) is 18.9 Å². The highest BCUT2D eigenvalue weighted by Gasteiger charge is 2.36. The second-order valence-electron chi connectivity index (χ2n) is 17.5. The largest absolute Gasteiger partial charge is 0.506 e. The maximum atomic E-state index is 11.6. The number of aliphatic hydroxyl groups excluding tert-OH is 2. The summed E-state index contributed by atoms with van der Waals surface area (Å²) in [6.07, 6.45) is 3.93. The van der Waals surface area contributed by atoms with E-state index in [2.05, 4.69) is 69.4 Å². The van der Waals surface area contributed by atoms with Crippen molar-refractivity contribution in [2.24, 2.45) is 15.2 Å². The molecule has 3 atom stereocenters. The molecular weight excluding hydrogens is 835 g/mol. The number of azo groups is 1. The maximum absolute atomic E-state index is 11.6. The van der Waals surface area contributed by atoms with Crippen molar-refractivity contribution >= 4 is 29.5 Å². The van der Waals surface area contributed by atoms with Crippen LogP contribution in [0.15, 0.2) is 88.0 Å². The van der Waals surface area contributed by atoms with Crippen molar-refractivity contribution < 1.29 is 49.0 Å². The molecule has 0 aliphatic carbocycles. The summed E-state index contributed by atoms with van der Waals surface area (Å²) in [5.41, 5.74) is 2.07. The Bertz CT molecular complexity index is 2320. The minimum absolute atomic E-state index is 0.0885. The first kappa shape index (κ1) is 48.2. The number of benzene rings is 4. The highest BCUT2D eigenvalue weighted by atomic mass is 16.5. The van der Waals surface area contributed by atoms with Crippen molar-refractivity contribution in [3.63, 3.8) is 0 Å². The van der Waals surface area contributed by atoms with Crippen molar-refractivity contribution in [3.05, 3.63) is 95.1 Å². The molecule has 17 nitrogen and oxygen atoms in total. The second-order valence-corrected chi connectivity index (χ2v) is 17.5. The lowest BCUT2D eigenvalue weighted by molar-refractivity contribution is -0.119. The van der Waals surface area contributed by atoms with E-state index >= 15 is 0 Å². The van der Waals surface area contributed by atoms with Gasteiger partial charge in [0.2, 0.25) is 0 Å². The van der Waals surface area contributed by atoms with Crippen LogP contribution in [0, 0.1) is 0 Å². The van der Waals surface area contributed by atoms with Crippen molar-refractivity contribution in [1.82, 2.24) is 10.6 Å². The van der Waals surface area contributed by atoms with Gasteiger partial charge in [-0.05, 0) is 101 Å². The number of phenols is 2. The first-order valence-electron chi connectivity index (χ1n) is 21.8. The molecule has 0 radical (unpaired) electrons. The van der Waals surface area contributed by atoms with Crippen molar-refractivity contribution in [3.8, 4) is 34.5 Å². The Labute approximate surface area is 379 Å². The molecule has 0 saturated carbocycles. The third-order valence-electron chi connectivity index (χ3n) is 11.4. The molecule has 0 fully saturated rings. The van der Waals surface area contributed by atoms with Crippen LogP contribution in [0.2, 0.25) is 0 Å². The van der Waals surface area contributed by atoms with Crippen molar-refractivity contribution in [1.29, 1.82) is 0 Å². The molecule has 8 N–H and O–H groups in total. The SMILES string of the molecule is CCCCOc1ccc(CC(C)(C)NCC(O)c2ccc(O)c3c2OCC(=O)N3)cc1.COc1ccc(C2(CCC(C)(C)NCC(O)c3ccc(O)c4c3OCC(=O)N4)N=CN=N2)cc1. The lowest BCUT2D eigenvalue weighted by Crippen LogP contribution is -2.43. The van der Waals surface area contributed by atoms with Crippen LogP contribution in [0.25, 0.3) is 0 Å². The van der Waals surface area contributed by atoms with Crippen LogP contribution in [0.5, 0.6) is 34.5 Å². The molecule has 0 spiro atoms. The van der Waals surface area contributed by atoms with Crippen LogP contribution in [-0.4, -0.2) is 89.7 Å². The molecule has 3 aliphatic heterocycles. The van der Waals surface area contributed by atoms with Gasteiger partial charge >= 0.3 is 0 Å². The molecule has 2 amide bonds. The Morgan fingerprint density at radius 2 is 1.31 bits per heavy atom. The molecule has 3 heterocycles. The molecule has 4 aromatic rings. The van der Waals surface area contributed by atoms with E-state index in [1.807, 2.05) is 50.2 Å². The highest BCUT2D eigenvalue weighted by molar-refractivity contribution is 5.98. The summed E-state index contributed by atoms with van der Waals surface area (Å²) in [6.45, 7) is 11.3. The molecule has 7 rings (SSSR count).